The van der Waals surface area contributed by atoms with E-state index in [-0.39, 0.29) is 10.7 Å². The molecule has 0 aromatic rings. The van der Waals surface area contributed by atoms with Crippen LogP contribution in [0.25, 0.3) is 0 Å². The van der Waals surface area contributed by atoms with Gasteiger partial charge in [-0.25, -0.2) is 4.79 Å². The van der Waals surface area contributed by atoms with Crippen LogP contribution in [0.1, 0.15) is 6.42 Å². The molecule has 0 spiro atoms. The summed E-state index contributed by atoms with van der Waals surface area (Å²) in [6.07, 6.45) is 1.91. The first kappa shape index (κ1) is 16.7. The van der Waals surface area contributed by atoms with Crippen molar-refractivity contribution >= 4 is 14.5 Å². The summed E-state index contributed by atoms with van der Waals surface area (Å²) >= 11 is 0. The minimum absolute atomic E-state index is 0. The highest BCUT2D eigenvalue weighted by molar-refractivity contribution is 6.65. The van der Waals surface area contributed by atoms with E-state index in [0.717, 1.165) is 18.5 Å². The van der Waals surface area contributed by atoms with Gasteiger partial charge in [-0.05, 0) is 19.0 Å². The number of hydrogen-bond donors (Lipinski definition) is 0. The Kier molecular flexibility index (Phi) is 9.54. The van der Waals surface area contributed by atoms with Crippen LogP contribution in [0.4, 0.5) is 4.70 Å². The van der Waals surface area contributed by atoms with Gasteiger partial charge in [0, 0.05) is 20.3 Å². The quantitative estimate of drug-likeness (QED) is 0.293. The van der Waals surface area contributed by atoms with Crippen LogP contribution in [-0.2, 0) is 18.4 Å². The van der Waals surface area contributed by atoms with E-state index in [4.69, 9.17) is 13.6 Å². The van der Waals surface area contributed by atoms with Crippen molar-refractivity contribution in [2.24, 2.45) is 0 Å². The molecule has 0 atom stereocenters. The summed E-state index contributed by atoms with van der Waals surface area (Å²) in [6.45, 7) is 5.67. The first-order valence-corrected chi connectivity index (χ1v) is 7.00. The molecule has 0 heterocycles. The molecule has 0 unspecified atom stereocenters. The lowest BCUT2D eigenvalue weighted by Crippen LogP contribution is -2.36. The molecular formula is C9H19FO4Si. The molecule has 6 heteroatoms. The smallest absolute Gasteiger partial charge is 0.334 e. The molecule has 0 aromatic carbocycles. The number of halogens is 1. The molecule has 0 radical (unpaired) electrons. The summed E-state index contributed by atoms with van der Waals surface area (Å²) in [6, 6.07) is 0.810. The number of carbonyl (C=O) groups excluding carboxylic acids is 1. The fourth-order valence-electron chi connectivity index (χ4n) is 0.912. The standard InChI is InChI=1S/C9H18O4Si.FH/c1-5-9(10)13-7-6-8-14(4,11-2)12-3;/h5H,1,6-8H2,2-4H3;1H. The SMILES string of the molecule is C=CC(=O)OCCC[Si](C)(OC)OC.F. The van der Waals surface area contributed by atoms with Crippen molar-refractivity contribution in [2.45, 2.75) is 19.0 Å². The molecule has 90 valence electrons. The molecule has 0 bridgehead atoms. The number of rotatable bonds is 7. The van der Waals surface area contributed by atoms with Gasteiger partial charge in [0.05, 0.1) is 6.61 Å². The van der Waals surface area contributed by atoms with Crippen LogP contribution in [0.15, 0.2) is 12.7 Å². The van der Waals surface area contributed by atoms with E-state index >= 15 is 0 Å². The fourth-order valence-corrected chi connectivity index (χ4v) is 2.27. The summed E-state index contributed by atoms with van der Waals surface area (Å²) in [5.41, 5.74) is 0. The molecule has 0 fully saturated rings. The Morgan fingerprint density at radius 1 is 1.40 bits per heavy atom. The van der Waals surface area contributed by atoms with E-state index < -0.39 is 8.56 Å². The molecule has 0 aliphatic rings. The Hall–Kier alpha value is -0.723. The molecule has 0 aromatic heterocycles. The van der Waals surface area contributed by atoms with Gasteiger partial charge in [-0.2, -0.15) is 0 Å². The number of esters is 1. The van der Waals surface area contributed by atoms with Gasteiger partial charge in [0.15, 0.2) is 0 Å². The van der Waals surface area contributed by atoms with Crippen LogP contribution in [-0.4, -0.2) is 35.4 Å². The Labute approximate surface area is 90.8 Å². The third-order valence-electron chi connectivity index (χ3n) is 2.05. The molecule has 0 amide bonds. The van der Waals surface area contributed by atoms with E-state index in [1.807, 2.05) is 6.55 Å². The van der Waals surface area contributed by atoms with Gasteiger partial charge >= 0.3 is 14.5 Å². The van der Waals surface area contributed by atoms with Gasteiger partial charge in [0.2, 0.25) is 0 Å². The van der Waals surface area contributed by atoms with Gasteiger partial charge in [0.25, 0.3) is 0 Å². The number of hydrogen-bond acceptors (Lipinski definition) is 4. The molecule has 4 nitrogen and oxygen atoms in total. The first-order valence-electron chi connectivity index (χ1n) is 4.47. The maximum Gasteiger partial charge on any atom is 0.334 e. The van der Waals surface area contributed by atoms with E-state index in [1.165, 1.54) is 0 Å². The summed E-state index contributed by atoms with van der Waals surface area (Å²) in [5, 5.41) is 0. The minimum atomic E-state index is -2.00. The zero-order valence-electron chi connectivity index (χ0n) is 9.45. The summed E-state index contributed by atoms with van der Waals surface area (Å²) in [7, 11) is 1.29. The highest BCUT2D eigenvalue weighted by Gasteiger charge is 2.27. The summed E-state index contributed by atoms with van der Waals surface area (Å²) < 4.78 is 15.4. The van der Waals surface area contributed by atoms with Crippen molar-refractivity contribution in [3.63, 3.8) is 0 Å². The molecular weight excluding hydrogens is 219 g/mol. The third kappa shape index (κ3) is 7.23. The maximum atomic E-state index is 10.7. The van der Waals surface area contributed by atoms with Gasteiger partial charge in [-0.15, -0.1) is 0 Å². The minimum Gasteiger partial charge on any atom is -0.463 e. The van der Waals surface area contributed by atoms with E-state index in [2.05, 4.69) is 6.58 Å². The molecule has 0 saturated heterocycles. The van der Waals surface area contributed by atoms with Crippen LogP contribution in [0.2, 0.25) is 12.6 Å². The van der Waals surface area contributed by atoms with Crippen LogP contribution in [0.3, 0.4) is 0 Å². The zero-order valence-corrected chi connectivity index (χ0v) is 10.4. The van der Waals surface area contributed by atoms with Crippen molar-refractivity contribution in [1.82, 2.24) is 0 Å². The summed E-state index contributed by atoms with van der Waals surface area (Å²) in [5.74, 6) is -0.386. The van der Waals surface area contributed by atoms with Gasteiger partial charge < -0.3 is 13.6 Å². The topological polar surface area (TPSA) is 44.8 Å². The highest BCUT2D eigenvalue weighted by Crippen LogP contribution is 2.13. The largest absolute Gasteiger partial charge is 0.463 e. The van der Waals surface area contributed by atoms with Crippen LogP contribution < -0.4 is 0 Å². The average molecular weight is 238 g/mol. The second-order valence-corrected chi connectivity index (χ2v) is 6.60. The average Bonchev–Trinajstić information content (AvgIpc) is 2.23. The lowest BCUT2D eigenvalue weighted by atomic mass is 10.5. The van der Waals surface area contributed by atoms with Crippen molar-refractivity contribution in [2.75, 3.05) is 20.8 Å². The molecule has 0 rings (SSSR count). The molecule has 15 heavy (non-hydrogen) atoms. The Morgan fingerprint density at radius 3 is 2.33 bits per heavy atom. The lowest BCUT2D eigenvalue weighted by molar-refractivity contribution is -0.137. The monoisotopic (exact) mass is 238 g/mol. The van der Waals surface area contributed by atoms with Crippen molar-refractivity contribution in [3.05, 3.63) is 12.7 Å². The van der Waals surface area contributed by atoms with Crippen molar-refractivity contribution < 1.29 is 23.1 Å². The second-order valence-electron chi connectivity index (χ2n) is 3.02. The highest BCUT2D eigenvalue weighted by atomic mass is 28.4. The maximum absolute atomic E-state index is 10.7. The Balaban J connectivity index is 0. The Bertz CT molecular complexity index is 195. The van der Waals surface area contributed by atoms with Crippen LogP contribution in [0, 0.1) is 0 Å². The van der Waals surface area contributed by atoms with Crippen LogP contribution >= 0.6 is 0 Å². The molecule has 0 N–H and O–H groups in total. The van der Waals surface area contributed by atoms with E-state index in [9.17, 15) is 4.79 Å². The summed E-state index contributed by atoms with van der Waals surface area (Å²) in [4.78, 5) is 10.7. The first-order chi connectivity index (χ1) is 6.58. The number of carbonyl (C=O) groups is 1. The second kappa shape index (κ2) is 8.57. The van der Waals surface area contributed by atoms with Gasteiger partial charge in [-0.1, -0.05) is 6.58 Å². The van der Waals surface area contributed by atoms with Crippen molar-refractivity contribution in [1.29, 1.82) is 0 Å². The fraction of sp³-hybridized carbons (Fsp3) is 0.667. The van der Waals surface area contributed by atoms with Gasteiger partial charge in [-0.3, -0.25) is 4.70 Å². The predicted octanol–water partition coefficient (Wildman–Crippen LogP) is 1.62. The lowest BCUT2D eigenvalue weighted by Gasteiger charge is -2.22. The third-order valence-corrected chi connectivity index (χ3v) is 5.04. The Morgan fingerprint density at radius 2 is 1.93 bits per heavy atom. The van der Waals surface area contributed by atoms with E-state index in [0.29, 0.717) is 6.61 Å². The van der Waals surface area contributed by atoms with E-state index in [1.54, 1.807) is 14.2 Å². The van der Waals surface area contributed by atoms with Gasteiger partial charge in [0.1, 0.15) is 0 Å². The predicted molar refractivity (Wildman–Crippen MR) is 58.7 cm³/mol. The molecule has 0 aliphatic carbocycles. The number of ether oxygens (including phenoxy) is 1. The van der Waals surface area contributed by atoms with Crippen molar-refractivity contribution in [3.8, 4) is 0 Å². The molecule has 0 aliphatic heterocycles. The normalized spacial score (nSPS) is 10.3. The zero-order chi connectivity index (χ0) is 11.0. The van der Waals surface area contributed by atoms with Crippen LogP contribution in [0.5, 0.6) is 0 Å². The molecule has 0 saturated carbocycles.